The zero-order valence-electron chi connectivity index (χ0n) is 11.6. The first-order chi connectivity index (χ1) is 10.2. The summed E-state index contributed by atoms with van der Waals surface area (Å²) in [6.07, 6.45) is 4.37. The molecule has 7 heteroatoms. The lowest BCUT2D eigenvalue weighted by molar-refractivity contribution is 0.925. The van der Waals surface area contributed by atoms with E-state index in [2.05, 4.69) is 25.6 Å². The maximum Gasteiger partial charge on any atom is 0.156 e. The number of halogens is 1. The van der Waals surface area contributed by atoms with Gasteiger partial charge in [-0.15, -0.1) is 0 Å². The molecule has 108 valence electrons. The quantitative estimate of drug-likeness (QED) is 0.777. The number of nitrogens with zero attached hydrogens (tertiary/aromatic N) is 4. The van der Waals surface area contributed by atoms with Crippen molar-refractivity contribution in [3.05, 3.63) is 40.6 Å². The maximum absolute atomic E-state index is 6.17. The van der Waals surface area contributed by atoms with E-state index in [0.29, 0.717) is 17.6 Å². The van der Waals surface area contributed by atoms with E-state index in [9.17, 15) is 0 Å². The Morgan fingerprint density at radius 1 is 1.43 bits per heavy atom. The van der Waals surface area contributed by atoms with Crippen LogP contribution in [0.15, 0.2) is 18.3 Å². The summed E-state index contributed by atoms with van der Waals surface area (Å²) in [6.45, 7) is 2.54. The van der Waals surface area contributed by atoms with Gasteiger partial charge in [0, 0.05) is 23.7 Å². The van der Waals surface area contributed by atoms with Crippen LogP contribution < -0.4 is 5.32 Å². The second-order valence-corrected chi connectivity index (χ2v) is 5.77. The molecule has 0 aromatic carbocycles. The Labute approximate surface area is 126 Å². The first-order valence-electron chi connectivity index (χ1n) is 7.00. The van der Waals surface area contributed by atoms with Crippen molar-refractivity contribution in [1.82, 2.24) is 24.8 Å². The lowest BCUT2D eigenvalue weighted by atomic mass is 10.2. The van der Waals surface area contributed by atoms with E-state index in [0.717, 1.165) is 22.7 Å². The van der Waals surface area contributed by atoms with Crippen molar-refractivity contribution in [1.29, 1.82) is 0 Å². The normalized spacial score (nSPS) is 14.8. The van der Waals surface area contributed by atoms with Crippen molar-refractivity contribution in [3.8, 4) is 0 Å². The molecule has 1 aliphatic rings. The number of pyridine rings is 1. The SMILES string of the molecule is Cc1nc2ccc(NCc3c(Cl)n[nH]c3C3CC3)cn2n1. The molecule has 0 atom stereocenters. The van der Waals surface area contributed by atoms with Crippen LogP contribution in [-0.2, 0) is 6.54 Å². The largest absolute Gasteiger partial charge is 0.380 e. The van der Waals surface area contributed by atoms with Crippen molar-refractivity contribution in [2.24, 2.45) is 0 Å². The minimum atomic E-state index is 0.557. The fraction of sp³-hybridized carbons (Fsp3) is 0.357. The van der Waals surface area contributed by atoms with Gasteiger partial charge in [-0.2, -0.15) is 10.2 Å². The van der Waals surface area contributed by atoms with Gasteiger partial charge < -0.3 is 5.32 Å². The minimum absolute atomic E-state index is 0.557. The lowest BCUT2D eigenvalue weighted by Crippen LogP contribution is -2.03. The van der Waals surface area contributed by atoms with E-state index in [4.69, 9.17) is 11.6 Å². The first kappa shape index (κ1) is 12.6. The van der Waals surface area contributed by atoms with Gasteiger partial charge in [0.05, 0.1) is 11.9 Å². The molecule has 0 amide bonds. The number of aryl methyl sites for hydroxylation is 1. The molecule has 3 aromatic heterocycles. The predicted molar refractivity (Wildman–Crippen MR) is 80.6 cm³/mol. The molecule has 21 heavy (non-hydrogen) atoms. The summed E-state index contributed by atoms with van der Waals surface area (Å²) in [7, 11) is 0. The number of H-pyrrole nitrogens is 1. The van der Waals surface area contributed by atoms with Gasteiger partial charge in [0.1, 0.15) is 5.82 Å². The molecule has 1 saturated carbocycles. The average molecular weight is 303 g/mol. The molecule has 0 radical (unpaired) electrons. The van der Waals surface area contributed by atoms with Crippen LogP contribution in [0.2, 0.25) is 5.15 Å². The Kier molecular flexibility index (Phi) is 2.85. The molecule has 3 aromatic rings. The van der Waals surface area contributed by atoms with Gasteiger partial charge in [-0.3, -0.25) is 5.10 Å². The van der Waals surface area contributed by atoms with Crippen molar-refractivity contribution < 1.29 is 0 Å². The number of fused-ring (bicyclic) bond motifs is 1. The standard InChI is InChI=1S/C14H15ClN6/c1-8-17-12-5-4-10(7-21(12)20-8)16-6-11-13(9-2-3-9)18-19-14(11)15/h4-5,7,9,16H,2-3,6H2,1H3,(H,18,19). The second-order valence-electron chi connectivity index (χ2n) is 5.41. The van der Waals surface area contributed by atoms with Crippen LogP contribution in [0.5, 0.6) is 0 Å². The third kappa shape index (κ3) is 2.35. The van der Waals surface area contributed by atoms with E-state index in [-0.39, 0.29) is 0 Å². The average Bonchev–Trinajstić information content (AvgIpc) is 3.14. The van der Waals surface area contributed by atoms with E-state index < -0.39 is 0 Å². The van der Waals surface area contributed by atoms with Gasteiger partial charge in [-0.1, -0.05) is 11.6 Å². The number of hydrogen-bond acceptors (Lipinski definition) is 4. The van der Waals surface area contributed by atoms with Gasteiger partial charge in [-0.25, -0.2) is 9.50 Å². The van der Waals surface area contributed by atoms with Crippen LogP contribution in [0, 0.1) is 6.92 Å². The zero-order chi connectivity index (χ0) is 14.4. The third-order valence-corrected chi connectivity index (χ3v) is 4.05. The molecule has 0 unspecified atom stereocenters. The molecule has 0 bridgehead atoms. The Morgan fingerprint density at radius 2 is 2.29 bits per heavy atom. The van der Waals surface area contributed by atoms with E-state index in [1.807, 2.05) is 25.3 Å². The summed E-state index contributed by atoms with van der Waals surface area (Å²) >= 11 is 6.17. The number of hydrogen-bond donors (Lipinski definition) is 2. The molecule has 6 nitrogen and oxygen atoms in total. The molecular formula is C14H15ClN6. The topological polar surface area (TPSA) is 70.9 Å². The van der Waals surface area contributed by atoms with Crippen molar-refractivity contribution >= 4 is 22.9 Å². The summed E-state index contributed by atoms with van der Waals surface area (Å²) in [5, 5.41) is 15.4. The molecule has 1 fully saturated rings. The van der Waals surface area contributed by atoms with Gasteiger partial charge in [-0.05, 0) is 31.9 Å². The Morgan fingerprint density at radius 3 is 3.10 bits per heavy atom. The number of aromatic nitrogens is 5. The van der Waals surface area contributed by atoms with Crippen molar-refractivity contribution in [3.63, 3.8) is 0 Å². The van der Waals surface area contributed by atoms with Gasteiger partial charge in [0.15, 0.2) is 10.8 Å². The Balaban J connectivity index is 1.56. The van der Waals surface area contributed by atoms with E-state index >= 15 is 0 Å². The predicted octanol–water partition coefficient (Wildman–Crippen LogP) is 2.90. The summed E-state index contributed by atoms with van der Waals surface area (Å²) in [4.78, 5) is 4.31. The molecule has 3 heterocycles. The fourth-order valence-corrected chi connectivity index (χ4v) is 2.73. The minimum Gasteiger partial charge on any atom is -0.380 e. The van der Waals surface area contributed by atoms with Gasteiger partial charge >= 0.3 is 0 Å². The van der Waals surface area contributed by atoms with Crippen LogP contribution in [0.25, 0.3) is 5.65 Å². The highest BCUT2D eigenvalue weighted by atomic mass is 35.5. The molecule has 0 spiro atoms. The molecule has 4 rings (SSSR count). The van der Waals surface area contributed by atoms with Crippen LogP contribution >= 0.6 is 11.6 Å². The van der Waals surface area contributed by atoms with Gasteiger partial charge in [0.25, 0.3) is 0 Å². The summed E-state index contributed by atoms with van der Waals surface area (Å²) in [5.74, 6) is 1.36. The zero-order valence-corrected chi connectivity index (χ0v) is 12.4. The highest BCUT2D eigenvalue weighted by Crippen LogP contribution is 2.42. The second kappa shape index (κ2) is 4.73. The summed E-state index contributed by atoms with van der Waals surface area (Å²) in [5.41, 5.74) is 4.06. The van der Waals surface area contributed by atoms with E-state index in [1.54, 1.807) is 4.52 Å². The molecule has 2 N–H and O–H groups in total. The summed E-state index contributed by atoms with van der Waals surface area (Å²) < 4.78 is 1.77. The maximum atomic E-state index is 6.17. The van der Waals surface area contributed by atoms with Crippen LogP contribution in [0.1, 0.15) is 35.8 Å². The molecular weight excluding hydrogens is 288 g/mol. The van der Waals surface area contributed by atoms with Crippen LogP contribution in [-0.4, -0.2) is 24.8 Å². The Bertz CT molecular complexity index is 801. The number of rotatable bonds is 4. The van der Waals surface area contributed by atoms with Crippen LogP contribution in [0.4, 0.5) is 5.69 Å². The van der Waals surface area contributed by atoms with E-state index in [1.165, 1.54) is 18.5 Å². The summed E-state index contributed by atoms with van der Waals surface area (Å²) in [6, 6.07) is 3.94. The number of aromatic amines is 1. The number of anilines is 1. The molecule has 0 saturated heterocycles. The third-order valence-electron chi connectivity index (χ3n) is 3.74. The van der Waals surface area contributed by atoms with Crippen molar-refractivity contribution in [2.45, 2.75) is 32.2 Å². The molecule has 1 aliphatic carbocycles. The molecule has 0 aliphatic heterocycles. The van der Waals surface area contributed by atoms with Crippen molar-refractivity contribution in [2.75, 3.05) is 5.32 Å². The lowest BCUT2D eigenvalue weighted by Gasteiger charge is -2.07. The Hall–Kier alpha value is -2.08. The smallest absolute Gasteiger partial charge is 0.156 e. The van der Waals surface area contributed by atoms with Crippen LogP contribution in [0.3, 0.4) is 0 Å². The highest BCUT2D eigenvalue weighted by molar-refractivity contribution is 6.30. The van der Waals surface area contributed by atoms with Gasteiger partial charge in [0.2, 0.25) is 0 Å². The monoisotopic (exact) mass is 302 g/mol. The highest BCUT2D eigenvalue weighted by Gasteiger charge is 2.29. The number of nitrogens with one attached hydrogen (secondary N) is 2. The first-order valence-corrected chi connectivity index (χ1v) is 7.38. The fourth-order valence-electron chi connectivity index (χ4n) is 2.52.